The van der Waals surface area contributed by atoms with E-state index in [1.807, 2.05) is 24.3 Å². The van der Waals surface area contributed by atoms with Crippen molar-refractivity contribution in [2.75, 3.05) is 18.4 Å². The SMILES string of the molecule is O=C(O)CN(CCCc1ccc(Cl)cc1)C(=O)[C@@H]1CC[C@H](Nc2ccc(F)cc2)[C@@H](O)CC1. The number of anilines is 1. The Morgan fingerprint density at radius 3 is 2.36 bits per heavy atom. The quantitative estimate of drug-likeness (QED) is 0.468. The lowest BCUT2D eigenvalue weighted by Gasteiger charge is -2.25. The number of benzene rings is 2. The third-order valence-electron chi connectivity index (χ3n) is 6.09. The minimum absolute atomic E-state index is 0.178. The highest BCUT2D eigenvalue weighted by Crippen LogP contribution is 2.28. The average Bonchev–Trinajstić information content (AvgIpc) is 2.97. The van der Waals surface area contributed by atoms with Crippen LogP contribution >= 0.6 is 11.6 Å². The highest BCUT2D eigenvalue weighted by Gasteiger charge is 2.32. The molecular formula is C25H30ClFN2O4. The number of halogens is 2. The van der Waals surface area contributed by atoms with Gasteiger partial charge in [-0.3, -0.25) is 9.59 Å². The summed E-state index contributed by atoms with van der Waals surface area (Å²) < 4.78 is 13.1. The summed E-state index contributed by atoms with van der Waals surface area (Å²) in [6.07, 6.45) is 2.74. The van der Waals surface area contributed by atoms with E-state index in [0.717, 1.165) is 5.56 Å². The van der Waals surface area contributed by atoms with Crippen LogP contribution in [-0.4, -0.2) is 52.2 Å². The molecule has 0 aliphatic heterocycles. The number of hydrogen-bond acceptors (Lipinski definition) is 4. The third kappa shape index (κ3) is 7.72. The van der Waals surface area contributed by atoms with Gasteiger partial charge in [0.2, 0.25) is 5.91 Å². The molecule has 0 radical (unpaired) electrons. The Morgan fingerprint density at radius 1 is 1.03 bits per heavy atom. The molecule has 3 atom stereocenters. The highest BCUT2D eigenvalue weighted by atomic mass is 35.5. The van der Waals surface area contributed by atoms with E-state index in [1.165, 1.54) is 17.0 Å². The van der Waals surface area contributed by atoms with Gasteiger partial charge in [0.05, 0.1) is 12.1 Å². The van der Waals surface area contributed by atoms with Crippen LogP contribution in [0.2, 0.25) is 5.02 Å². The molecule has 8 heteroatoms. The summed E-state index contributed by atoms with van der Waals surface area (Å²) in [6.45, 7) is 0.0137. The topological polar surface area (TPSA) is 89.9 Å². The molecule has 6 nitrogen and oxygen atoms in total. The van der Waals surface area contributed by atoms with Gasteiger partial charge in [-0.15, -0.1) is 0 Å². The van der Waals surface area contributed by atoms with Crippen molar-refractivity contribution in [3.8, 4) is 0 Å². The Hall–Kier alpha value is -2.64. The van der Waals surface area contributed by atoms with E-state index in [0.29, 0.717) is 55.8 Å². The van der Waals surface area contributed by atoms with Gasteiger partial charge in [-0.05, 0) is 80.5 Å². The average molecular weight is 477 g/mol. The second-order valence-electron chi connectivity index (χ2n) is 8.56. The number of aliphatic hydroxyl groups excluding tert-OH is 1. The maximum absolute atomic E-state index is 13.2. The van der Waals surface area contributed by atoms with Gasteiger partial charge >= 0.3 is 5.97 Å². The predicted molar refractivity (Wildman–Crippen MR) is 126 cm³/mol. The Labute approximate surface area is 198 Å². The molecule has 1 aliphatic carbocycles. The molecular weight excluding hydrogens is 447 g/mol. The van der Waals surface area contributed by atoms with Crippen LogP contribution in [0.4, 0.5) is 10.1 Å². The van der Waals surface area contributed by atoms with Crippen LogP contribution in [0.3, 0.4) is 0 Å². The summed E-state index contributed by atoms with van der Waals surface area (Å²) >= 11 is 5.91. The summed E-state index contributed by atoms with van der Waals surface area (Å²) in [4.78, 5) is 26.0. The van der Waals surface area contributed by atoms with Crippen molar-refractivity contribution in [3.05, 3.63) is 64.9 Å². The fourth-order valence-corrected chi connectivity index (χ4v) is 4.41. The first kappa shape index (κ1) is 25.0. The fraction of sp³-hybridized carbons (Fsp3) is 0.440. The minimum Gasteiger partial charge on any atom is -0.480 e. The van der Waals surface area contributed by atoms with Gasteiger partial charge in [-0.2, -0.15) is 0 Å². The number of aliphatic hydroxyl groups is 1. The van der Waals surface area contributed by atoms with E-state index in [-0.39, 0.29) is 30.2 Å². The molecule has 2 aromatic rings. The van der Waals surface area contributed by atoms with Crippen LogP contribution in [0, 0.1) is 11.7 Å². The third-order valence-corrected chi connectivity index (χ3v) is 6.34. The number of aryl methyl sites for hydroxylation is 1. The number of carbonyl (C=O) groups excluding carboxylic acids is 1. The summed E-state index contributed by atoms with van der Waals surface area (Å²) in [6, 6.07) is 13.1. The van der Waals surface area contributed by atoms with Crippen molar-refractivity contribution >= 4 is 29.2 Å². The van der Waals surface area contributed by atoms with Crippen LogP contribution in [0.15, 0.2) is 48.5 Å². The predicted octanol–water partition coefficient (Wildman–Crippen LogP) is 4.36. The molecule has 3 rings (SSSR count). The van der Waals surface area contributed by atoms with E-state index in [9.17, 15) is 24.2 Å². The van der Waals surface area contributed by atoms with E-state index in [4.69, 9.17) is 11.6 Å². The molecule has 0 bridgehead atoms. The Balaban J connectivity index is 1.57. The zero-order valence-electron chi connectivity index (χ0n) is 18.4. The van der Waals surface area contributed by atoms with Crippen molar-refractivity contribution < 1.29 is 24.2 Å². The number of amides is 1. The lowest BCUT2D eigenvalue weighted by Crippen LogP contribution is -2.40. The number of carbonyl (C=O) groups is 2. The number of hydrogen-bond donors (Lipinski definition) is 3. The van der Waals surface area contributed by atoms with Crippen LogP contribution < -0.4 is 5.32 Å². The fourth-order valence-electron chi connectivity index (χ4n) is 4.28. The number of carboxylic acid groups (broad SMARTS) is 1. The van der Waals surface area contributed by atoms with Gasteiger partial charge in [0, 0.05) is 23.2 Å². The molecule has 0 aromatic heterocycles. The van der Waals surface area contributed by atoms with Gasteiger partial charge in [0.25, 0.3) is 0 Å². The molecule has 0 unspecified atom stereocenters. The number of nitrogens with one attached hydrogen (secondary N) is 1. The summed E-state index contributed by atoms with van der Waals surface area (Å²) in [5, 5.41) is 23.8. The number of nitrogens with zero attached hydrogens (tertiary/aromatic N) is 1. The molecule has 0 spiro atoms. The van der Waals surface area contributed by atoms with Crippen molar-refractivity contribution in [3.63, 3.8) is 0 Å². The maximum atomic E-state index is 13.2. The number of carboxylic acids is 1. The molecule has 178 valence electrons. The maximum Gasteiger partial charge on any atom is 0.323 e. The normalized spacial score (nSPS) is 20.6. The molecule has 2 aromatic carbocycles. The monoisotopic (exact) mass is 476 g/mol. The standard InChI is InChI=1S/C25H30ClFN2O4/c26-19-7-3-17(4-8-19)2-1-15-29(16-24(31)32)25(33)18-5-13-22(23(30)14-6-18)28-21-11-9-20(27)10-12-21/h3-4,7-12,18,22-23,28,30H,1-2,5-6,13-16H2,(H,31,32)/t18-,22+,23+/m1/s1. The van der Waals surface area contributed by atoms with Crippen LogP contribution in [0.5, 0.6) is 0 Å². The zero-order chi connectivity index (χ0) is 23.8. The Kier molecular flexibility index (Phi) is 9.09. The van der Waals surface area contributed by atoms with Gasteiger partial charge in [-0.25, -0.2) is 4.39 Å². The van der Waals surface area contributed by atoms with Crippen LogP contribution in [-0.2, 0) is 16.0 Å². The van der Waals surface area contributed by atoms with Crippen molar-refractivity contribution in [2.45, 2.75) is 50.7 Å². The minimum atomic E-state index is -1.04. The second-order valence-corrected chi connectivity index (χ2v) is 9.00. The summed E-state index contributed by atoms with van der Waals surface area (Å²) in [5.41, 5.74) is 1.79. The molecule has 3 N–H and O–H groups in total. The van der Waals surface area contributed by atoms with Crippen LogP contribution in [0.25, 0.3) is 0 Å². The van der Waals surface area contributed by atoms with Gasteiger partial charge in [-0.1, -0.05) is 23.7 Å². The van der Waals surface area contributed by atoms with E-state index >= 15 is 0 Å². The van der Waals surface area contributed by atoms with Gasteiger partial charge < -0.3 is 20.4 Å². The molecule has 1 fully saturated rings. The lowest BCUT2D eigenvalue weighted by atomic mass is 9.98. The van der Waals surface area contributed by atoms with Crippen molar-refractivity contribution in [1.82, 2.24) is 4.90 Å². The molecule has 1 amide bonds. The van der Waals surface area contributed by atoms with E-state index < -0.39 is 12.1 Å². The zero-order valence-corrected chi connectivity index (χ0v) is 19.2. The van der Waals surface area contributed by atoms with Gasteiger partial charge in [0.1, 0.15) is 12.4 Å². The molecule has 33 heavy (non-hydrogen) atoms. The van der Waals surface area contributed by atoms with Gasteiger partial charge in [0.15, 0.2) is 0 Å². The lowest BCUT2D eigenvalue weighted by molar-refractivity contribution is -0.146. The molecule has 0 heterocycles. The Bertz CT molecular complexity index is 923. The van der Waals surface area contributed by atoms with Crippen molar-refractivity contribution in [2.24, 2.45) is 5.92 Å². The van der Waals surface area contributed by atoms with Crippen molar-refractivity contribution in [1.29, 1.82) is 0 Å². The molecule has 1 aliphatic rings. The van der Waals surface area contributed by atoms with E-state index in [2.05, 4.69) is 5.32 Å². The summed E-state index contributed by atoms with van der Waals surface area (Å²) in [5.74, 6) is -1.89. The highest BCUT2D eigenvalue weighted by molar-refractivity contribution is 6.30. The number of aliphatic carboxylic acids is 1. The van der Waals surface area contributed by atoms with Crippen LogP contribution in [0.1, 0.15) is 37.7 Å². The largest absolute Gasteiger partial charge is 0.480 e. The molecule has 1 saturated carbocycles. The first-order valence-electron chi connectivity index (χ1n) is 11.3. The molecule has 0 saturated heterocycles. The first-order valence-corrected chi connectivity index (χ1v) is 11.6. The second kappa shape index (κ2) is 12.0. The van der Waals surface area contributed by atoms with E-state index in [1.54, 1.807) is 12.1 Å². The Morgan fingerprint density at radius 2 is 1.70 bits per heavy atom. The summed E-state index contributed by atoms with van der Waals surface area (Å²) in [7, 11) is 0. The first-order chi connectivity index (χ1) is 15.8. The smallest absolute Gasteiger partial charge is 0.323 e. The number of rotatable bonds is 9.